The number of hydrogen-bond donors (Lipinski definition) is 3. The summed E-state index contributed by atoms with van der Waals surface area (Å²) in [5, 5.41) is 61.0. The van der Waals surface area contributed by atoms with E-state index >= 15 is 0 Å². The van der Waals surface area contributed by atoms with Crippen LogP contribution >= 0.6 is 18.6 Å². The number of carboxylic acids is 4. The van der Waals surface area contributed by atoms with Gasteiger partial charge in [-0.2, -0.15) is 48.3 Å². The van der Waals surface area contributed by atoms with Crippen LogP contribution in [-0.4, -0.2) is 120 Å². The first-order chi connectivity index (χ1) is 32.4. The number of aliphatic carboxylic acids is 4. The summed E-state index contributed by atoms with van der Waals surface area (Å²) in [6.07, 6.45) is 12.0. The van der Waals surface area contributed by atoms with Gasteiger partial charge in [-0.3, -0.25) is 0 Å². The average Bonchev–Trinajstić information content (AvgIpc) is 3.22. The summed E-state index contributed by atoms with van der Waals surface area (Å²) in [5.74, 6) is -5.40. The van der Waals surface area contributed by atoms with Crippen molar-refractivity contribution in [2.45, 2.75) is 231 Å². The van der Waals surface area contributed by atoms with Crippen molar-refractivity contribution in [3.63, 3.8) is 0 Å². The molecule has 0 aromatic heterocycles. The van der Waals surface area contributed by atoms with E-state index in [0.29, 0.717) is 45.3 Å². The average molecular weight is 2280 g/mol. The predicted octanol–water partition coefficient (Wildman–Crippen LogP) is 2.09. The van der Waals surface area contributed by atoms with Gasteiger partial charge in [-0.25, -0.2) is 9.59 Å². The molecule has 554 valence electrons. The maximum atomic E-state index is 9.10. The molecular weight excluding hydrogens is 2160 g/mol. The number of hydrogen-bond acceptors (Lipinski definition) is 11. The van der Waals surface area contributed by atoms with Crippen LogP contribution in [0.5, 0.6) is 0 Å². The molecule has 0 saturated heterocycles. The molecule has 19 N–H and O–H groups in total. The molecular formula is C50H112Ag2Cl2N10Na3O18Pt4-5. The first kappa shape index (κ1) is 160. The second-order valence-electron chi connectivity index (χ2n) is 22.0. The van der Waals surface area contributed by atoms with Gasteiger partial charge in [-0.1, -0.05) is 182 Å². The van der Waals surface area contributed by atoms with Gasteiger partial charge in [0.25, 0.3) is 5.09 Å². The van der Waals surface area contributed by atoms with Crippen LogP contribution in [0.25, 0.3) is 45.9 Å². The van der Waals surface area contributed by atoms with Crippen molar-refractivity contribution in [3.8, 4) is 0 Å². The summed E-state index contributed by atoms with van der Waals surface area (Å²) in [7, 11) is 9.06. The zero-order valence-corrected chi connectivity index (χ0v) is 72.3. The molecule has 4 aliphatic rings. The van der Waals surface area contributed by atoms with Crippen molar-refractivity contribution in [2.75, 3.05) is 0 Å². The van der Waals surface area contributed by atoms with E-state index in [1.165, 1.54) is 0 Å². The van der Waals surface area contributed by atoms with Crippen LogP contribution in [0.3, 0.4) is 0 Å². The van der Waals surface area contributed by atoms with Gasteiger partial charge in [0.1, 0.15) is 0 Å². The number of carboxylic acid groups (broad SMARTS) is 4. The SMILES string of the molecule is C.C.C.CC(C)(C)C1CCC([NH-])C([NH-])C1.CC(C)(C)C1CCC([NH-])C([NH-])C1.CC(C)(C)C1CCC([NH-])C([NH-])C1.CC(C)(C)C1CCC([NH-])C([NH-])C1.O.O.O.O.O=C(O)C(=O)O.O=C([O-])C(=O)[O-].O=[N+]([O-])O.O=[N+]([O-])[O-].[Ag].[CH3-].[CH3-].[CH3-].[Cl][Ag].[Cl][Pt].[Na+].[Na+].[Na+].[Pt+2].[Pt+2].[Pt+2]. The van der Waals surface area contributed by atoms with E-state index in [9.17, 15) is 0 Å². The van der Waals surface area contributed by atoms with Crippen molar-refractivity contribution in [1.29, 1.82) is 0 Å². The molecule has 39 heteroatoms. The third-order valence-corrected chi connectivity index (χ3v) is 12.6. The van der Waals surface area contributed by atoms with Crippen LogP contribution < -0.4 is 98.9 Å². The quantitative estimate of drug-likeness (QED) is 0.103. The minimum Gasteiger partial charge on any atom is 1.00 e. The van der Waals surface area contributed by atoms with Crippen molar-refractivity contribution >= 4 is 42.5 Å². The number of carbonyl (C=O) groups excluding carboxylic acids is 2. The zero-order valence-electron chi connectivity index (χ0n) is 52.8. The number of carbonyl (C=O) groups is 4. The predicted molar refractivity (Wildman–Crippen MR) is 322 cm³/mol. The molecule has 4 aliphatic carbocycles. The van der Waals surface area contributed by atoms with E-state index in [1.54, 1.807) is 18.8 Å². The van der Waals surface area contributed by atoms with Crippen LogP contribution in [-0.2, 0) is 144 Å². The van der Waals surface area contributed by atoms with Gasteiger partial charge >= 0.3 is 221 Å². The van der Waals surface area contributed by atoms with Gasteiger partial charge in [0.05, 0.1) is 17.0 Å². The summed E-state index contributed by atoms with van der Waals surface area (Å²) in [4.78, 5) is 52.7. The monoisotopic (exact) mass is 2270 g/mol. The Morgan fingerprint density at radius 3 is 0.584 bits per heavy atom. The molecule has 0 amide bonds. The summed E-state index contributed by atoms with van der Waals surface area (Å²) in [5.41, 5.74) is 62.5. The second kappa shape index (κ2) is 85.8. The second-order valence-corrected chi connectivity index (χ2v) is 22.0. The van der Waals surface area contributed by atoms with Crippen LogP contribution in [0.4, 0.5) is 0 Å². The minimum atomic E-state index is -2.19. The first-order valence-corrected chi connectivity index (χ1v) is 27.6. The molecule has 4 fully saturated rings. The normalized spacial score (nSPS) is 22.3. The molecule has 12 atom stereocenters. The van der Waals surface area contributed by atoms with E-state index in [0.717, 1.165) is 77.0 Å². The Hall–Kier alpha value is 3.61. The van der Waals surface area contributed by atoms with Crippen LogP contribution in [0.1, 0.15) is 182 Å². The Bertz CT molecular complexity index is 1350. The van der Waals surface area contributed by atoms with Gasteiger partial charge in [-0.05, 0) is 45.3 Å². The van der Waals surface area contributed by atoms with E-state index in [-0.39, 0.29) is 289 Å². The van der Waals surface area contributed by atoms with Crippen molar-refractivity contribution in [2.24, 2.45) is 45.3 Å². The third-order valence-electron chi connectivity index (χ3n) is 12.6. The van der Waals surface area contributed by atoms with Crippen LogP contribution in [0.15, 0.2) is 0 Å². The largest absolute Gasteiger partial charge is 2.00 e. The summed E-state index contributed by atoms with van der Waals surface area (Å²) < 4.78 is 0. The van der Waals surface area contributed by atoms with Gasteiger partial charge in [0.15, 0.2) is 0 Å². The minimum absolute atomic E-state index is 0. The van der Waals surface area contributed by atoms with E-state index in [4.69, 9.17) is 116 Å². The molecule has 0 heterocycles. The molecule has 1 radical (unpaired) electrons. The van der Waals surface area contributed by atoms with E-state index < -0.39 is 34.1 Å². The molecule has 4 rings (SSSR count). The van der Waals surface area contributed by atoms with Crippen molar-refractivity contribution < 1.29 is 290 Å². The molecule has 28 nitrogen and oxygen atoms in total. The maximum Gasteiger partial charge on any atom is 2.00 e. The number of rotatable bonds is 0. The maximum absolute atomic E-state index is 9.10. The van der Waals surface area contributed by atoms with Crippen molar-refractivity contribution in [3.05, 3.63) is 93.6 Å². The number of nitrogens with zero attached hydrogens (tertiary/aromatic N) is 2. The van der Waals surface area contributed by atoms with Crippen LogP contribution in [0.2, 0.25) is 0 Å². The molecule has 0 bridgehead atoms. The summed E-state index contributed by atoms with van der Waals surface area (Å²) in [6, 6.07) is -1.03. The molecule has 0 aromatic rings. The molecule has 0 aliphatic heterocycles. The Morgan fingerprint density at radius 1 is 0.427 bits per heavy atom. The smallest absolute Gasteiger partial charge is 1.00 e. The Balaban J connectivity index is -0.0000000263. The molecule has 89 heavy (non-hydrogen) atoms. The fourth-order valence-corrected chi connectivity index (χ4v) is 7.83. The fraction of sp³-hybridized carbons (Fsp3) is 0.860. The number of nitrogens with one attached hydrogen (secondary N) is 8. The first-order valence-electron chi connectivity index (χ1n) is 22.8. The van der Waals surface area contributed by atoms with Gasteiger partial charge < -0.3 is 141 Å². The Labute approximate surface area is 692 Å². The fourth-order valence-electron chi connectivity index (χ4n) is 7.83. The van der Waals surface area contributed by atoms with E-state index in [1.807, 2.05) is 0 Å². The molecule has 4 saturated carbocycles. The molecule has 12 unspecified atom stereocenters. The van der Waals surface area contributed by atoms with E-state index in [2.05, 4.69) is 122 Å². The number of halogens is 2. The van der Waals surface area contributed by atoms with Crippen molar-refractivity contribution in [1.82, 2.24) is 0 Å². The Morgan fingerprint density at radius 2 is 0.528 bits per heavy atom. The summed E-state index contributed by atoms with van der Waals surface area (Å²) >= 11 is 4.03. The standard InChI is InChI=1S/4C10H20N2.2C2H2O4.3CH4.3CH3.2Ag.2ClH.HNO3.NO3.3Na.4H2O.4Pt/c4*1-10(2,3)7-4-5-8(11)9(12)6-7;2*3-1(4)2(5)6;;;;;;;;;;;2*2-1(3)4;;;;;;;;;;;/h4*7-9,11-12H,4-6H2,1-3H3;2*(H,3,4)(H,5,6);3*1H4;3*1H3;;;2*1H;(H,2,3,4);;;;;4*1H2;;;;/q4*-2;;;;;;3*-1;;+1;;;;-1;3*+1;;;;;+1;3*+2/p-4. The topological polar surface area (TPSA) is 601 Å². The molecule has 0 aromatic carbocycles. The Kier molecular flexibility index (Phi) is 155. The molecule has 0 spiro atoms. The van der Waals surface area contributed by atoms with Gasteiger partial charge in [0, 0.05) is 22.4 Å². The zero-order chi connectivity index (χ0) is 58.9. The third kappa shape index (κ3) is 95.8. The van der Waals surface area contributed by atoms with Crippen LogP contribution in [0, 0.1) is 93.0 Å². The van der Waals surface area contributed by atoms with Gasteiger partial charge in [-0.15, -0.1) is 10.1 Å². The van der Waals surface area contributed by atoms with Gasteiger partial charge in [0.2, 0.25) is 0 Å². The summed E-state index contributed by atoms with van der Waals surface area (Å²) in [6.45, 7) is 26.9.